The number of hydrogen-bond acceptors (Lipinski definition) is 3. The molecule has 1 aromatic rings. The second-order valence-electron chi connectivity index (χ2n) is 4.00. The number of nitrogens with one attached hydrogen (secondary N) is 2. The molecule has 5 heteroatoms. The van der Waals surface area contributed by atoms with Crippen LogP contribution in [0.1, 0.15) is 12.6 Å². The molecule has 5 nitrogen and oxygen atoms in total. The summed E-state index contributed by atoms with van der Waals surface area (Å²) in [5.41, 5.74) is 1.15. The van der Waals surface area contributed by atoms with Crippen LogP contribution in [0.15, 0.2) is 18.3 Å². The van der Waals surface area contributed by atoms with Crippen LogP contribution in [-0.4, -0.2) is 36.8 Å². The Morgan fingerprint density at radius 1 is 1.59 bits per heavy atom. The Hall–Kier alpha value is -1.33. The Balaban J connectivity index is 2.27. The van der Waals surface area contributed by atoms with Gasteiger partial charge in [0.25, 0.3) is 0 Å². The summed E-state index contributed by atoms with van der Waals surface area (Å²) in [6, 6.07) is 3.81. The fraction of sp³-hybridized carbons (Fsp3) is 0.583. The first-order valence-electron chi connectivity index (χ1n) is 5.75. The number of aryl methyl sites for hydroxylation is 1. The third-order valence-electron chi connectivity index (χ3n) is 2.64. The molecule has 1 unspecified atom stereocenters. The smallest absolute Gasteiger partial charge is 0.236 e. The summed E-state index contributed by atoms with van der Waals surface area (Å²) in [4.78, 5) is 11.6. The van der Waals surface area contributed by atoms with Crippen LogP contribution in [-0.2, 0) is 23.1 Å². The first-order valence-corrected chi connectivity index (χ1v) is 5.75. The van der Waals surface area contributed by atoms with E-state index in [0.29, 0.717) is 19.7 Å². The highest BCUT2D eigenvalue weighted by Crippen LogP contribution is 1.99. The van der Waals surface area contributed by atoms with Crippen LogP contribution in [0.4, 0.5) is 0 Å². The lowest BCUT2D eigenvalue weighted by molar-refractivity contribution is -0.123. The van der Waals surface area contributed by atoms with Gasteiger partial charge in [-0.1, -0.05) is 0 Å². The van der Waals surface area contributed by atoms with Crippen LogP contribution in [0.2, 0.25) is 0 Å². The average molecular weight is 239 g/mol. The van der Waals surface area contributed by atoms with Gasteiger partial charge in [-0.15, -0.1) is 0 Å². The van der Waals surface area contributed by atoms with Crippen molar-refractivity contribution in [1.82, 2.24) is 15.2 Å². The van der Waals surface area contributed by atoms with Gasteiger partial charge in [-0.2, -0.15) is 0 Å². The fourth-order valence-electron chi connectivity index (χ4n) is 1.46. The molecule has 0 aliphatic carbocycles. The molecule has 0 bridgehead atoms. The Bertz CT molecular complexity index is 349. The largest absolute Gasteiger partial charge is 0.383 e. The molecule has 0 aliphatic rings. The molecule has 17 heavy (non-hydrogen) atoms. The molecule has 1 heterocycles. The second kappa shape index (κ2) is 7.09. The molecule has 0 fully saturated rings. The molecule has 0 aliphatic heterocycles. The summed E-state index contributed by atoms with van der Waals surface area (Å²) in [5.74, 6) is -0.00346. The van der Waals surface area contributed by atoms with E-state index in [1.54, 1.807) is 7.11 Å². The van der Waals surface area contributed by atoms with Gasteiger partial charge >= 0.3 is 0 Å². The van der Waals surface area contributed by atoms with Gasteiger partial charge in [0, 0.05) is 39.1 Å². The van der Waals surface area contributed by atoms with Crippen molar-refractivity contribution in [3.8, 4) is 0 Å². The molecular formula is C12H21N3O2. The molecule has 96 valence electrons. The van der Waals surface area contributed by atoms with E-state index in [-0.39, 0.29) is 11.9 Å². The van der Waals surface area contributed by atoms with Gasteiger partial charge in [-0.25, -0.2) is 0 Å². The molecule has 0 saturated heterocycles. The average Bonchev–Trinajstić information content (AvgIpc) is 2.72. The normalized spacial score (nSPS) is 12.4. The quantitative estimate of drug-likeness (QED) is 0.671. The van der Waals surface area contributed by atoms with Crippen LogP contribution < -0.4 is 10.6 Å². The zero-order valence-corrected chi connectivity index (χ0v) is 10.7. The SMILES string of the molecule is COCCNC(=O)C(C)NCc1cccn1C. The standard InChI is InChI=1S/C12H21N3O2/c1-10(12(16)13-6-8-17-3)14-9-11-5-4-7-15(11)2/h4-5,7,10,14H,6,8-9H2,1-3H3,(H,13,16). The van der Waals surface area contributed by atoms with Crippen molar-refractivity contribution in [2.24, 2.45) is 7.05 Å². The predicted octanol–water partition coefficient (Wildman–Crippen LogP) is 0.266. The number of amides is 1. The third-order valence-corrected chi connectivity index (χ3v) is 2.64. The number of carbonyl (C=O) groups excluding carboxylic acids is 1. The maximum Gasteiger partial charge on any atom is 0.236 e. The summed E-state index contributed by atoms with van der Waals surface area (Å²) in [7, 11) is 3.60. The van der Waals surface area contributed by atoms with E-state index < -0.39 is 0 Å². The van der Waals surface area contributed by atoms with E-state index in [4.69, 9.17) is 4.74 Å². The van der Waals surface area contributed by atoms with Crippen LogP contribution in [0.5, 0.6) is 0 Å². The van der Waals surface area contributed by atoms with E-state index in [2.05, 4.69) is 10.6 Å². The molecule has 0 aromatic carbocycles. The first-order chi connectivity index (χ1) is 8.15. The summed E-state index contributed by atoms with van der Waals surface area (Å²) < 4.78 is 6.90. The monoisotopic (exact) mass is 239 g/mol. The lowest BCUT2D eigenvalue weighted by Crippen LogP contribution is -2.43. The maximum absolute atomic E-state index is 11.6. The number of nitrogens with zero attached hydrogens (tertiary/aromatic N) is 1. The molecule has 0 saturated carbocycles. The second-order valence-corrected chi connectivity index (χ2v) is 4.00. The highest BCUT2D eigenvalue weighted by Gasteiger charge is 2.11. The Morgan fingerprint density at radius 2 is 2.35 bits per heavy atom. The molecule has 0 spiro atoms. The van der Waals surface area contributed by atoms with Crippen molar-refractivity contribution >= 4 is 5.91 Å². The summed E-state index contributed by atoms with van der Waals surface area (Å²) in [5, 5.41) is 5.97. The van der Waals surface area contributed by atoms with Gasteiger partial charge in [0.2, 0.25) is 5.91 Å². The summed E-state index contributed by atoms with van der Waals surface area (Å²) in [6.45, 7) is 3.62. The molecule has 1 rings (SSSR count). The Kier molecular flexibility index (Phi) is 5.72. The molecule has 1 amide bonds. The van der Waals surface area contributed by atoms with Crippen molar-refractivity contribution in [2.45, 2.75) is 19.5 Å². The Labute approximate surface area is 102 Å². The molecule has 2 N–H and O–H groups in total. The van der Waals surface area contributed by atoms with Crippen molar-refractivity contribution in [3.05, 3.63) is 24.0 Å². The summed E-state index contributed by atoms with van der Waals surface area (Å²) >= 11 is 0. The van der Waals surface area contributed by atoms with Gasteiger partial charge in [0.15, 0.2) is 0 Å². The predicted molar refractivity (Wildman–Crippen MR) is 66.6 cm³/mol. The van der Waals surface area contributed by atoms with Gasteiger partial charge in [-0.3, -0.25) is 4.79 Å². The van der Waals surface area contributed by atoms with Crippen molar-refractivity contribution < 1.29 is 9.53 Å². The van der Waals surface area contributed by atoms with Crippen LogP contribution in [0.25, 0.3) is 0 Å². The highest BCUT2D eigenvalue weighted by atomic mass is 16.5. The highest BCUT2D eigenvalue weighted by molar-refractivity contribution is 5.81. The van der Waals surface area contributed by atoms with E-state index in [0.717, 1.165) is 5.69 Å². The van der Waals surface area contributed by atoms with Crippen LogP contribution in [0.3, 0.4) is 0 Å². The van der Waals surface area contributed by atoms with E-state index in [9.17, 15) is 4.79 Å². The first kappa shape index (κ1) is 13.7. The van der Waals surface area contributed by atoms with E-state index in [1.807, 2.05) is 36.9 Å². The number of hydrogen-bond donors (Lipinski definition) is 2. The minimum absolute atomic E-state index is 0.00346. The third kappa shape index (κ3) is 4.58. The molecule has 0 radical (unpaired) electrons. The van der Waals surface area contributed by atoms with Gasteiger partial charge < -0.3 is 19.9 Å². The number of aromatic nitrogens is 1. The van der Waals surface area contributed by atoms with E-state index >= 15 is 0 Å². The van der Waals surface area contributed by atoms with Gasteiger partial charge in [-0.05, 0) is 19.1 Å². The number of methoxy groups -OCH3 is 1. The minimum Gasteiger partial charge on any atom is -0.383 e. The zero-order chi connectivity index (χ0) is 12.7. The minimum atomic E-state index is -0.207. The number of ether oxygens (including phenoxy) is 1. The molecular weight excluding hydrogens is 218 g/mol. The fourth-order valence-corrected chi connectivity index (χ4v) is 1.46. The topological polar surface area (TPSA) is 55.3 Å². The van der Waals surface area contributed by atoms with Gasteiger partial charge in [0.05, 0.1) is 12.6 Å². The maximum atomic E-state index is 11.6. The lowest BCUT2D eigenvalue weighted by atomic mass is 10.3. The summed E-state index contributed by atoms with van der Waals surface area (Å²) in [6.07, 6.45) is 1.99. The molecule has 1 aromatic heterocycles. The van der Waals surface area contributed by atoms with E-state index in [1.165, 1.54) is 0 Å². The lowest BCUT2D eigenvalue weighted by Gasteiger charge is -2.14. The van der Waals surface area contributed by atoms with Crippen molar-refractivity contribution in [3.63, 3.8) is 0 Å². The Morgan fingerprint density at radius 3 is 2.94 bits per heavy atom. The van der Waals surface area contributed by atoms with Gasteiger partial charge in [0.1, 0.15) is 0 Å². The van der Waals surface area contributed by atoms with Crippen LogP contribution >= 0.6 is 0 Å². The van der Waals surface area contributed by atoms with Crippen molar-refractivity contribution in [2.75, 3.05) is 20.3 Å². The zero-order valence-electron chi connectivity index (χ0n) is 10.7. The molecule has 1 atom stereocenters. The van der Waals surface area contributed by atoms with Crippen molar-refractivity contribution in [1.29, 1.82) is 0 Å². The van der Waals surface area contributed by atoms with Crippen LogP contribution in [0, 0.1) is 0 Å². The number of rotatable bonds is 7. The number of carbonyl (C=O) groups is 1.